The highest BCUT2D eigenvalue weighted by Crippen LogP contribution is 2.26. The highest BCUT2D eigenvalue weighted by molar-refractivity contribution is 7.89. The number of nitrogens with one attached hydrogen (secondary N) is 1. The predicted octanol–water partition coefficient (Wildman–Crippen LogP) is 3.12. The summed E-state index contributed by atoms with van der Waals surface area (Å²) in [5, 5.41) is 0. The number of aryl methyl sites for hydroxylation is 2. The number of likely N-dealkylation sites (tertiary alicyclic amines) is 2. The van der Waals surface area contributed by atoms with Crippen LogP contribution in [0, 0.1) is 19.8 Å². The lowest BCUT2D eigenvalue weighted by Gasteiger charge is -2.32. The van der Waals surface area contributed by atoms with Gasteiger partial charge in [0.15, 0.2) is 5.69 Å². The second-order valence-electron chi connectivity index (χ2n) is 9.61. The third-order valence-corrected chi connectivity index (χ3v) is 8.78. The van der Waals surface area contributed by atoms with Crippen molar-refractivity contribution in [2.45, 2.75) is 57.4 Å². The number of hydrogen-bond donors (Lipinski definition) is 1. The van der Waals surface area contributed by atoms with Crippen molar-refractivity contribution in [2.75, 3.05) is 39.8 Å². The molecule has 0 radical (unpaired) electrons. The van der Waals surface area contributed by atoms with Crippen LogP contribution in [0.4, 0.5) is 0 Å². The number of ether oxygens (including phenoxy) is 1. The van der Waals surface area contributed by atoms with Crippen molar-refractivity contribution < 1.29 is 22.4 Å². The van der Waals surface area contributed by atoms with Crippen LogP contribution in [-0.2, 0) is 16.6 Å². The average molecular weight is 505 g/mol. The predicted molar refractivity (Wildman–Crippen MR) is 132 cm³/mol. The number of carbonyl (C=O) groups is 1. The van der Waals surface area contributed by atoms with Crippen molar-refractivity contribution in [1.82, 2.24) is 19.5 Å². The average Bonchev–Trinajstić information content (AvgIpc) is 3.53. The summed E-state index contributed by atoms with van der Waals surface area (Å²) in [4.78, 5) is 21.7. The number of piperidine rings is 1. The first-order valence-corrected chi connectivity index (χ1v) is 13.9. The van der Waals surface area contributed by atoms with E-state index in [4.69, 9.17) is 9.15 Å². The molecular formula is C25H36N4O5S. The molecule has 2 fully saturated rings. The van der Waals surface area contributed by atoms with E-state index in [0.29, 0.717) is 35.9 Å². The molecule has 9 nitrogen and oxygen atoms in total. The van der Waals surface area contributed by atoms with Crippen molar-refractivity contribution in [2.24, 2.45) is 5.92 Å². The van der Waals surface area contributed by atoms with Crippen LogP contribution in [0.5, 0.6) is 5.75 Å². The zero-order valence-corrected chi connectivity index (χ0v) is 21.7. The van der Waals surface area contributed by atoms with Crippen LogP contribution < -0.4 is 9.46 Å². The van der Waals surface area contributed by atoms with E-state index in [2.05, 4.69) is 14.6 Å². The van der Waals surface area contributed by atoms with E-state index in [1.54, 1.807) is 33.1 Å². The van der Waals surface area contributed by atoms with Crippen LogP contribution >= 0.6 is 0 Å². The van der Waals surface area contributed by atoms with Gasteiger partial charge in [0, 0.05) is 13.1 Å². The minimum absolute atomic E-state index is 0.140. The number of methoxy groups -OCH3 is 1. The Labute approximate surface area is 207 Å². The van der Waals surface area contributed by atoms with Gasteiger partial charge >= 0.3 is 0 Å². The largest absolute Gasteiger partial charge is 0.497 e. The Morgan fingerprint density at radius 1 is 1.14 bits per heavy atom. The highest BCUT2D eigenvalue weighted by atomic mass is 32.2. The summed E-state index contributed by atoms with van der Waals surface area (Å²) < 4.78 is 39.0. The van der Waals surface area contributed by atoms with Gasteiger partial charge in [-0.25, -0.2) is 18.1 Å². The first-order chi connectivity index (χ1) is 16.8. The van der Waals surface area contributed by atoms with E-state index < -0.39 is 10.0 Å². The summed E-state index contributed by atoms with van der Waals surface area (Å²) in [5.74, 6) is 1.25. The number of benzene rings is 1. The Balaban J connectivity index is 1.29. The molecule has 2 aromatic rings. The minimum Gasteiger partial charge on any atom is -0.497 e. The molecular weight excluding hydrogens is 468 g/mol. The van der Waals surface area contributed by atoms with Crippen molar-refractivity contribution in [3.8, 4) is 5.75 Å². The number of nitrogens with zero attached hydrogens (tertiary/aromatic N) is 3. The fourth-order valence-corrected chi connectivity index (χ4v) is 6.55. The summed E-state index contributed by atoms with van der Waals surface area (Å²) in [6.45, 7) is 8.35. The molecule has 1 N–H and O–H groups in total. The molecule has 0 atom stereocenters. The molecule has 1 amide bonds. The smallest absolute Gasteiger partial charge is 0.275 e. The topological polar surface area (TPSA) is 105 Å². The minimum atomic E-state index is -3.80. The Bertz CT molecular complexity index is 1110. The highest BCUT2D eigenvalue weighted by Gasteiger charge is 2.27. The van der Waals surface area contributed by atoms with Crippen molar-refractivity contribution in [3.63, 3.8) is 0 Å². The van der Waals surface area contributed by atoms with Crippen LogP contribution in [0.25, 0.3) is 0 Å². The van der Waals surface area contributed by atoms with Crippen molar-refractivity contribution >= 4 is 15.9 Å². The molecule has 2 aliphatic heterocycles. The van der Waals surface area contributed by atoms with Gasteiger partial charge in [-0.05, 0) is 94.8 Å². The van der Waals surface area contributed by atoms with Crippen LogP contribution in [0.1, 0.15) is 59.6 Å². The molecule has 3 heterocycles. The number of aromatic nitrogens is 1. The van der Waals surface area contributed by atoms with Gasteiger partial charge in [-0.1, -0.05) is 0 Å². The molecule has 0 saturated carbocycles. The summed E-state index contributed by atoms with van der Waals surface area (Å²) in [6.07, 6.45) is 7.15. The Morgan fingerprint density at radius 3 is 2.43 bits per heavy atom. The molecule has 2 aliphatic rings. The summed E-state index contributed by atoms with van der Waals surface area (Å²) in [6, 6.07) is 3.36. The molecule has 0 bridgehead atoms. The van der Waals surface area contributed by atoms with Gasteiger partial charge in [0.2, 0.25) is 15.9 Å². The molecule has 10 heteroatoms. The number of sulfonamides is 1. The van der Waals surface area contributed by atoms with Gasteiger partial charge in [-0.15, -0.1) is 0 Å². The fraction of sp³-hybridized carbons (Fsp3) is 0.600. The van der Waals surface area contributed by atoms with E-state index in [-0.39, 0.29) is 28.9 Å². The van der Waals surface area contributed by atoms with E-state index in [1.165, 1.54) is 38.6 Å². The van der Waals surface area contributed by atoms with Gasteiger partial charge in [0.05, 0.1) is 18.6 Å². The van der Waals surface area contributed by atoms with Gasteiger partial charge in [0.1, 0.15) is 12.0 Å². The molecule has 1 aromatic carbocycles. The number of hydrogen-bond acceptors (Lipinski definition) is 7. The standard InChI is InChI=1S/C25H36N4O5S/c1-18-14-21(33-3)15-19(2)24(18)35(31,32)26-16-23-27-22(17-34-23)25(30)29-12-7-20(8-13-29)6-11-28-9-4-5-10-28/h14-15,17,20,26H,4-13,16H2,1-3H3. The van der Waals surface area contributed by atoms with E-state index in [1.807, 2.05) is 4.90 Å². The van der Waals surface area contributed by atoms with Gasteiger partial charge in [0.25, 0.3) is 5.91 Å². The first kappa shape index (κ1) is 25.7. The molecule has 192 valence electrons. The summed E-state index contributed by atoms with van der Waals surface area (Å²) in [7, 11) is -2.26. The lowest BCUT2D eigenvalue weighted by atomic mass is 9.93. The monoisotopic (exact) mass is 504 g/mol. The van der Waals surface area contributed by atoms with Crippen LogP contribution in [-0.4, -0.2) is 68.9 Å². The normalized spacial score (nSPS) is 17.7. The second kappa shape index (κ2) is 11.1. The molecule has 0 aliphatic carbocycles. The fourth-order valence-electron chi connectivity index (χ4n) is 5.13. The van der Waals surface area contributed by atoms with Crippen molar-refractivity contribution in [1.29, 1.82) is 0 Å². The van der Waals surface area contributed by atoms with Crippen LogP contribution in [0.15, 0.2) is 27.7 Å². The van der Waals surface area contributed by atoms with E-state index in [9.17, 15) is 13.2 Å². The molecule has 1 aromatic heterocycles. The quantitative estimate of drug-likeness (QED) is 0.559. The molecule has 0 spiro atoms. The summed E-state index contributed by atoms with van der Waals surface area (Å²) in [5.41, 5.74) is 1.38. The van der Waals surface area contributed by atoms with Gasteiger partial charge in [-0.2, -0.15) is 0 Å². The lowest BCUT2D eigenvalue weighted by molar-refractivity contribution is 0.0676. The zero-order chi connectivity index (χ0) is 25.0. The van der Waals surface area contributed by atoms with E-state index >= 15 is 0 Å². The lowest BCUT2D eigenvalue weighted by Crippen LogP contribution is -2.39. The van der Waals surface area contributed by atoms with Gasteiger partial charge < -0.3 is 19.0 Å². The van der Waals surface area contributed by atoms with Crippen LogP contribution in [0.2, 0.25) is 0 Å². The number of rotatable bonds is 9. The zero-order valence-electron chi connectivity index (χ0n) is 20.9. The molecule has 4 rings (SSSR count). The third-order valence-electron chi connectivity index (χ3n) is 7.08. The first-order valence-electron chi connectivity index (χ1n) is 12.4. The Morgan fingerprint density at radius 2 is 1.80 bits per heavy atom. The Kier molecular flexibility index (Phi) is 8.13. The number of amides is 1. The number of oxazole rings is 1. The maximum Gasteiger partial charge on any atom is 0.275 e. The molecule has 2 saturated heterocycles. The SMILES string of the molecule is COc1cc(C)c(S(=O)(=O)NCc2nc(C(=O)N3CCC(CCN4CCCC4)CC3)co2)c(C)c1. The van der Waals surface area contributed by atoms with Crippen LogP contribution in [0.3, 0.4) is 0 Å². The Hall–Kier alpha value is -2.43. The van der Waals surface area contributed by atoms with E-state index in [0.717, 1.165) is 19.4 Å². The second-order valence-corrected chi connectivity index (χ2v) is 11.3. The molecule has 0 unspecified atom stereocenters. The van der Waals surface area contributed by atoms with Gasteiger partial charge in [-0.3, -0.25) is 4.79 Å². The maximum atomic E-state index is 12.9. The molecule has 35 heavy (non-hydrogen) atoms. The summed E-state index contributed by atoms with van der Waals surface area (Å²) >= 11 is 0. The van der Waals surface area contributed by atoms with Crippen molar-refractivity contribution in [3.05, 3.63) is 41.1 Å². The maximum absolute atomic E-state index is 12.9. The number of carbonyl (C=O) groups excluding carboxylic acids is 1. The third kappa shape index (κ3) is 6.23.